The van der Waals surface area contributed by atoms with Gasteiger partial charge in [-0.3, -0.25) is 14.2 Å². The molecule has 3 aromatic carbocycles. The van der Waals surface area contributed by atoms with Gasteiger partial charge in [-0.1, -0.05) is 54.2 Å². The van der Waals surface area contributed by atoms with Crippen LogP contribution in [0.1, 0.15) is 12.8 Å². The third kappa shape index (κ3) is 5.93. The maximum Gasteiger partial charge on any atom is 0.419 e. The number of hydrogen-bond donors (Lipinski definition) is 1. The fourth-order valence-electron chi connectivity index (χ4n) is 3.29. The zero-order valence-electron chi connectivity index (χ0n) is 17.7. The lowest BCUT2D eigenvalue weighted by Crippen LogP contribution is -2.21. The molecule has 0 radical (unpaired) electrons. The molecule has 0 unspecified atom stereocenters. The molecular formula is C25H22N2O5S. The Morgan fingerprint density at radius 2 is 1.67 bits per heavy atom. The van der Waals surface area contributed by atoms with Gasteiger partial charge in [-0.05, 0) is 42.8 Å². The molecule has 0 saturated heterocycles. The number of oxazole rings is 1. The normalized spacial score (nSPS) is 10.8. The largest absolute Gasteiger partial charge is 0.456 e. The summed E-state index contributed by atoms with van der Waals surface area (Å²) in [6.07, 6.45) is 0.472. The van der Waals surface area contributed by atoms with E-state index in [9.17, 15) is 14.4 Å². The number of carbonyl (C=O) groups excluding carboxylic acids is 2. The van der Waals surface area contributed by atoms with Gasteiger partial charge < -0.3 is 14.5 Å². The second-order valence-electron chi connectivity index (χ2n) is 7.21. The van der Waals surface area contributed by atoms with Crippen molar-refractivity contribution in [1.29, 1.82) is 0 Å². The minimum absolute atomic E-state index is 0.0830. The van der Waals surface area contributed by atoms with Crippen LogP contribution >= 0.6 is 11.8 Å². The van der Waals surface area contributed by atoms with E-state index in [0.29, 0.717) is 29.8 Å². The first-order valence-corrected chi connectivity index (χ1v) is 11.3. The van der Waals surface area contributed by atoms with E-state index in [1.807, 2.05) is 54.6 Å². The predicted molar refractivity (Wildman–Crippen MR) is 126 cm³/mol. The lowest BCUT2D eigenvalue weighted by Gasteiger charge is -2.11. The number of benzene rings is 3. The number of aryl methyl sites for hydroxylation is 1. The van der Waals surface area contributed by atoms with Gasteiger partial charge in [-0.2, -0.15) is 0 Å². The average Bonchev–Trinajstić information content (AvgIpc) is 3.15. The molecule has 0 aliphatic carbocycles. The average molecular weight is 463 g/mol. The smallest absolute Gasteiger partial charge is 0.419 e. The molecule has 1 aromatic heterocycles. The van der Waals surface area contributed by atoms with Gasteiger partial charge in [0.2, 0.25) is 0 Å². The van der Waals surface area contributed by atoms with Crippen LogP contribution in [-0.2, 0) is 20.9 Å². The molecular weight excluding hydrogens is 440 g/mol. The Labute approximate surface area is 194 Å². The van der Waals surface area contributed by atoms with Crippen molar-refractivity contribution in [1.82, 2.24) is 4.57 Å². The summed E-state index contributed by atoms with van der Waals surface area (Å²) < 4.78 is 11.8. The van der Waals surface area contributed by atoms with Crippen molar-refractivity contribution < 1.29 is 18.7 Å². The zero-order valence-corrected chi connectivity index (χ0v) is 18.5. The molecule has 1 heterocycles. The van der Waals surface area contributed by atoms with Crippen molar-refractivity contribution in [3.63, 3.8) is 0 Å². The molecule has 168 valence electrons. The Kier molecular flexibility index (Phi) is 7.26. The molecule has 33 heavy (non-hydrogen) atoms. The van der Waals surface area contributed by atoms with Crippen molar-refractivity contribution >= 4 is 40.4 Å². The molecule has 0 fully saturated rings. The highest BCUT2D eigenvalue weighted by Crippen LogP contribution is 2.33. The first-order chi connectivity index (χ1) is 16.1. The van der Waals surface area contributed by atoms with E-state index < -0.39 is 17.6 Å². The number of nitrogens with one attached hydrogen (secondary N) is 1. The van der Waals surface area contributed by atoms with Gasteiger partial charge in [-0.25, -0.2) is 4.79 Å². The number of hydrogen-bond acceptors (Lipinski definition) is 6. The quantitative estimate of drug-likeness (QED) is 0.362. The summed E-state index contributed by atoms with van der Waals surface area (Å²) in [6, 6.07) is 24.4. The minimum Gasteiger partial charge on any atom is -0.456 e. The number of anilines is 1. The van der Waals surface area contributed by atoms with Crippen LogP contribution in [0, 0.1) is 0 Å². The van der Waals surface area contributed by atoms with Crippen molar-refractivity contribution in [2.75, 3.05) is 11.9 Å². The van der Waals surface area contributed by atoms with Crippen LogP contribution in [0.25, 0.3) is 11.1 Å². The summed E-state index contributed by atoms with van der Waals surface area (Å²) in [4.78, 5) is 38.3. The number of para-hydroxylation sites is 3. The molecule has 7 nitrogen and oxygen atoms in total. The minimum atomic E-state index is -0.502. The second-order valence-corrected chi connectivity index (χ2v) is 8.33. The number of esters is 1. The molecule has 1 N–H and O–H groups in total. The summed E-state index contributed by atoms with van der Waals surface area (Å²) in [5, 5.41) is 2.80. The van der Waals surface area contributed by atoms with E-state index in [2.05, 4.69) is 5.32 Å². The van der Waals surface area contributed by atoms with Crippen LogP contribution in [0.3, 0.4) is 0 Å². The van der Waals surface area contributed by atoms with E-state index in [1.54, 1.807) is 24.3 Å². The van der Waals surface area contributed by atoms with Gasteiger partial charge >= 0.3 is 11.7 Å². The summed E-state index contributed by atoms with van der Waals surface area (Å²) in [6.45, 7) is -0.0566. The highest BCUT2D eigenvalue weighted by molar-refractivity contribution is 7.99. The number of fused-ring (bicyclic) bond motifs is 1. The maximum absolute atomic E-state index is 12.3. The van der Waals surface area contributed by atoms with E-state index in [4.69, 9.17) is 9.15 Å². The Morgan fingerprint density at radius 3 is 2.52 bits per heavy atom. The maximum atomic E-state index is 12.3. The molecule has 0 aliphatic rings. The first-order valence-electron chi connectivity index (χ1n) is 10.5. The van der Waals surface area contributed by atoms with Crippen LogP contribution < -0.4 is 11.1 Å². The van der Waals surface area contributed by atoms with E-state index in [0.717, 1.165) is 9.79 Å². The van der Waals surface area contributed by atoms with Gasteiger partial charge in [0.1, 0.15) is 0 Å². The Morgan fingerprint density at radius 1 is 0.939 bits per heavy atom. The van der Waals surface area contributed by atoms with Crippen molar-refractivity contribution in [2.45, 2.75) is 29.2 Å². The van der Waals surface area contributed by atoms with Crippen LogP contribution in [0.4, 0.5) is 5.69 Å². The van der Waals surface area contributed by atoms with Crippen LogP contribution in [-0.4, -0.2) is 23.1 Å². The van der Waals surface area contributed by atoms with Crippen LogP contribution in [0.5, 0.6) is 0 Å². The summed E-state index contributed by atoms with van der Waals surface area (Å²) in [7, 11) is 0. The molecule has 0 spiro atoms. The molecule has 1 amide bonds. The van der Waals surface area contributed by atoms with Gasteiger partial charge in [0.25, 0.3) is 5.91 Å². The van der Waals surface area contributed by atoms with Crippen LogP contribution in [0.15, 0.2) is 97.9 Å². The Balaban J connectivity index is 1.25. The number of rotatable bonds is 9. The number of carbonyl (C=O) groups is 2. The van der Waals surface area contributed by atoms with Crippen molar-refractivity contribution in [3.8, 4) is 0 Å². The summed E-state index contributed by atoms with van der Waals surface area (Å²) in [5.41, 5.74) is 1.84. The molecule has 8 heteroatoms. The van der Waals surface area contributed by atoms with Gasteiger partial charge in [0.05, 0.1) is 11.2 Å². The van der Waals surface area contributed by atoms with E-state index >= 15 is 0 Å². The summed E-state index contributed by atoms with van der Waals surface area (Å²) >= 11 is 1.53. The Bertz CT molecular complexity index is 1310. The molecule has 0 bridgehead atoms. The van der Waals surface area contributed by atoms with Gasteiger partial charge in [0, 0.05) is 22.8 Å². The Hall–Kier alpha value is -3.78. The van der Waals surface area contributed by atoms with Crippen LogP contribution in [0.2, 0.25) is 0 Å². The third-order valence-corrected chi connectivity index (χ3v) is 5.92. The van der Waals surface area contributed by atoms with Gasteiger partial charge in [-0.15, -0.1) is 0 Å². The highest BCUT2D eigenvalue weighted by atomic mass is 32.2. The monoisotopic (exact) mass is 462 g/mol. The molecule has 4 aromatic rings. The fourth-order valence-corrected chi connectivity index (χ4v) is 4.21. The molecule has 0 atom stereocenters. The second kappa shape index (κ2) is 10.7. The van der Waals surface area contributed by atoms with Gasteiger partial charge in [0.15, 0.2) is 12.2 Å². The lowest BCUT2D eigenvalue weighted by molar-refractivity contribution is -0.147. The highest BCUT2D eigenvalue weighted by Gasteiger charge is 2.12. The predicted octanol–water partition coefficient (Wildman–Crippen LogP) is 4.71. The molecule has 0 aliphatic heterocycles. The van der Waals surface area contributed by atoms with Crippen molar-refractivity contribution in [2.24, 2.45) is 0 Å². The third-order valence-electron chi connectivity index (χ3n) is 4.83. The molecule has 4 rings (SSSR count). The van der Waals surface area contributed by atoms with E-state index in [1.165, 1.54) is 16.3 Å². The van der Waals surface area contributed by atoms with E-state index in [-0.39, 0.29) is 13.0 Å². The number of nitrogens with zero attached hydrogens (tertiary/aromatic N) is 1. The first kappa shape index (κ1) is 22.4. The number of ether oxygens (including phenoxy) is 1. The fraction of sp³-hybridized carbons (Fsp3) is 0.160. The summed E-state index contributed by atoms with van der Waals surface area (Å²) in [5.74, 6) is -1.38. The molecule has 0 saturated carbocycles. The number of aromatic nitrogens is 1. The SMILES string of the molecule is O=C(COC(=O)CCCn1c(=O)oc2ccccc21)Nc1ccccc1Sc1ccccc1. The lowest BCUT2D eigenvalue weighted by atomic mass is 10.3. The number of amides is 1. The zero-order chi connectivity index (χ0) is 23.0. The standard InChI is InChI=1S/C25H22N2O5S/c28-23(26-19-11-4-7-14-22(19)33-18-9-2-1-3-10-18)17-31-24(29)15-8-16-27-20-12-5-6-13-21(20)32-25(27)30/h1-7,9-14H,8,15-17H2,(H,26,28). The van der Waals surface area contributed by atoms with Crippen molar-refractivity contribution in [3.05, 3.63) is 89.4 Å². The topological polar surface area (TPSA) is 90.5 Å².